The van der Waals surface area contributed by atoms with Gasteiger partial charge in [-0.25, -0.2) is 0 Å². The fourth-order valence-corrected chi connectivity index (χ4v) is 3.42. The summed E-state index contributed by atoms with van der Waals surface area (Å²) in [5.41, 5.74) is 1.40. The summed E-state index contributed by atoms with van der Waals surface area (Å²) in [6.07, 6.45) is 4.74. The molecule has 3 rings (SSSR count). The SMILES string of the molecule is CCCCCCOc1ccc(N=Nc2ccc3c(c2)OCCOCCOCCOCCOCCO3)cc1. The van der Waals surface area contributed by atoms with E-state index in [0.29, 0.717) is 83.3 Å². The van der Waals surface area contributed by atoms with Gasteiger partial charge in [-0.2, -0.15) is 10.2 Å². The molecule has 9 heteroatoms. The van der Waals surface area contributed by atoms with Crippen molar-refractivity contribution in [2.24, 2.45) is 10.2 Å². The van der Waals surface area contributed by atoms with Crippen molar-refractivity contribution in [2.75, 3.05) is 72.7 Å². The molecule has 0 amide bonds. The van der Waals surface area contributed by atoms with Crippen LogP contribution in [0.1, 0.15) is 32.6 Å². The highest BCUT2D eigenvalue weighted by Gasteiger charge is 2.08. The Hall–Kier alpha value is -2.72. The molecule has 0 bridgehead atoms. The first kappa shape index (κ1) is 28.8. The van der Waals surface area contributed by atoms with E-state index in [1.165, 1.54) is 19.3 Å². The molecule has 1 aliphatic heterocycles. The summed E-state index contributed by atoms with van der Waals surface area (Å²) in [5, 5.41) is 8.72. The number of hydrogen-bond acceptors (Lipinski definition) is 9. The van der Waals surface area contributed by atoms with Crippen LogP contribution in [0.5, 0.6) is 17.2 Å². The summed E-state index contributed by atoms with van der Waals surface area (Å²) in [6.45, 7) is 7.67. The molecule has 0 fully saturated rings. The zero-order valence-electron chi connectivity index (χ0n) is 21.9. The first-order valence-corrected chi connectivity index (χ1v) is 13.2. The lowest BCUT2D eigenvalue weighted by molar-refractivity contribution is -0.00841. The highest BCUT2D eigenvalue weighted by Crippen LogP contribution is 2.33. The second-order valence-corrected chi connectivity index (χ2v) is 8.38. The molecule has 2 aromatic carbocycles. The van der Waals surface area contributed by atoms with Gasteiger partial charge in [0.15, 0.2) is 11.5 Å². The number of fused-ring (bicyclic) bond motifs is 1. The lowest BCUT2D eigenvalue weighted by Crippen LogP contribution is -2.15. The number of hydrogen-bond donors (Lipinski definition) is 0. The fraction of sp³-hybridized carbons (Fsp3) is 0.571. The molecule has 2 aromatic rings. The smallest absolute Gasteiger partial charge is 0.163 e. The maximum Gasteiger partial charge on any atom is 0.163 e. The molecule has 0 N–H and O–H groups in total. The Morgan fingerprint density at radius 1 is 0.595 bits per heavy atom. The summed E-state index contributed by atoms with van der Waals surface area (Å²) in [7, 11) is 0. The van der Waals surface area contributed by atoms with Crippen LogP contribution in [-0.4, -0.2) is 72.7 Å². The van der Waals surface area contributed by atoms with Crippen molar-refractivity contribution in [2.45, 2.75) is 32.6 Å². The van der Waals surface area contributed by atoms with Crippen LogP contribution in [0.15, 0.2) is 52.7 Å². The van der Waals surface area contributed by atoms with Crippen molar-refractivity contribution in [3.63, 3.8) is 0 Å². The summed E-state index contributed by atoms with van der Waals surface area (Å²) < 4.78 is 39.7. The molecule has 1 heterocycles. The molecule has 0 saturated heterocycles. The van der Waals surface area contributed by atoms with Gasteiger partial charge in [0.25, 0.3) is 0 Å². The number of unbranched alkanes of at least 4 members (excludes halogenated alkanes) is 3. The fourth-order valence-electron chi connectivity index (χ4n) is 3.42. The van der Waals surface area contributed by atoms with Crippen LogP contribution < -0.4 is 14.2 Å². The molecule has 0 atom stereocenters. The van der Waals surface area contributed by atoms with Crippen LogP contribution >= 0.6 is 0 Å². The van der Waals surface area contributed by atoms with Crippen LogP contribution in [0, 0.1) is 0 Å². The van der Waals surface area contributed by atoms with Crippen molar-refractivity contribution >= 4 is 11.4 Å². The maximum absolute atomic E-state index is 5.93. The van der Waals surface area contributed by atoms with Gasteiger partial charge in [0, 0.05) is 6.07 Å². The standard InChI is InChI=1S/C28H40N2O7/c1-2-3-4-5-12-35-26-9-6-24(7-10-26)29-30-25-8-11-27-28(23-25)37-22-20-34-18-16-32-14-13-31-15-17-33-19-21-36-27/h6-11,23H,2-5,12-22H2,1H3. The summed E-state index contributed by atoms with van der Waals surface area (Å²) in [4.78, 5) is 0. The average molecular weight is 517 g/mol. The van der Waals surface area contributed by atoms with Crippen molar-refractivity contribution in [3.8, 4) is 17.2 Å². The number of rotatable bonds is 8. The zero-order chi connectivity index (χ0) is 25.8. The Morgan fingerprint density at radius 2 is 1.14 bits per heavy atom. The first-order valence-electron chi connectivity index (χ1n) is 13.2. The average Bonchev–Trinajstić information content (AvgIpc) is 2.92. The van der Waals surface area contributed by atoms with Crippen LogP contribution in [0.2, 0.25) is 0 Å². The quantitative estimate of drug-likeness (QED) is 0.319. The van der Waals surface area contributed by atoms with E-state index in [4.69, 9.17) is 33.2 Å². The van der Waals surface area contributed by atoms with Crippen molar-refractivity contribution in [1.29, 1.82) is 0 Å². The van der Waals surface area contributed by atoms with Gasteiger partial charge in [-0.15, -0.1) is 0 Å². The topological polar surface area (TPSA) is 89.3 Å². The Balaban J connectivity index is 1.55. The molecular formula is C28H40N2O7. The third-order valence-electron chi connectivity index (χ3n) is 5.40. The largest absolute Gasteiger partial charge is 0.494 e. The van der Waals surface area contributed by atoms with Crippen LogP contribution in [0.4, 0.5) is 11.4 Å². The van der Waals surface area contributed by atoms with Gasteiger partial charge in [0.1, 0.15) is 19.0 Å². The Morgan fingerprint density at radius 3 is 1.76 bits per heavy atom. The minimum Gasteiger partial charge on any atom is -0.494 e. The monoisotopic (exact) mass is 516 g/mol. The predicted octanol–water partition coefficient (Wildman–Crippen LogP) is 5.90. The number of ether oxygens (including phenoxy) is 7. The lowest BCUT2D eigenvalue weighted by Gasteiger charge is -2.14. The van der Waals surface area contributed by atoms with Gasteiger partial charge >= 0.3 is 0 Å². The molecule has 0 aromatic heterocycles. The van der Waals surface area contributed by atoms with Crippen LogP contribution in [0.25, 0.3) is 0 Å². The highest BCUT2D eigenvalue weighted by atomic mass is 16.6. The van der Waals surface area contributed by atoms with E-state index in [1.54, 1.807) is 0 Å². The normalized spacial score (nSPS) is 16.7. The van der Waals surface area contributed by atoms with Gasteiger partial charge in [-0.1, -0.05) is 26.2 Å². The highest BCUT2D eigenvalue weighted by molar-refractivity contribution is 5.52. The van der Waals surface area contributed by atoms with E-state index in [1.807, 2.05) is 42.5 Å². The molecular weight excluding hydrogens is 476 g/mol. The number of azo groups is 1. The van der Waals surface area contributed by atoms with Crippen molar-refractivity contribution in [3.05, 3.63) is 42.5 Å². The molecule has 204 valence electrons. The second kappa shape index (κ2) is 18.5. The lowest BCUT2D eigenvalue weighted by atomic mass is 10.2. The van der Waals surface area contributed by atoms with Crippen LogP contribution in [-0.2, 0) is 18.9 Å². The van der Waals surface area contributed by atoms with Gasteiger partial charge in [0.05, 0.1) is 70.8 Å². The Labute approximate surface area is 220 Å². The van der Waals surface area contributed by atoms with Gasteiger partial charge in [-0.05, 0) is 42.8 Å². The molecule has 9 nitrogen and oxygen atoms in total. The molecule has 0 unspecified atom stereocenters. The molecule has 0 saturated carbocycles. The molecule has 0 spiro atoms. The van der Waals surface area contributed by atoms with Gasteiger partial charge in [-0.3, -0.25) is 0 Å². The minimum atomic E-state index is 0.372. The first-order chi connectivity index (χ1) is 18.3. The molecule has 1 aliphatic rings. The Bertz CT molecular complexity index is 893. The number of nitrogens with zero attached hydrogens (tertiary/aromatic N) is 2. The summed E-state index contributed by atoms with van der Waals surface area (Å²) >= 11 is 0. The predicted molar refractivity (Wildman–Crippen MR) is 141 cm³/mol. The molecule has 0 aliphatic carbocycles. The van der Waals surface area contributed by atoms with Crippen molar-refractivity contribution in [1.82, 2.24) is 0 Å². The number of benzene rings is 2. The second-order valence-electron chi connectivity index (χ2n) is 8.38. The van der Waals surface area contributed by atoms with E-state index in [2.05, 4.69) is 17.2 Å². The minimum absolute atomic E-state index is 0.372. The van der Waals surface area contributed by atoms with Gasteiger partial charge < -0.3 is 33.2 Å². The van der Waals surface area contributed by atoms with Crippen LogP contribution in [0.3, 0.4) is 0 Å². The third-order valence-corrected chi connectivity index (χ3v) is 5.40. The van der Waals surface area contributed by atoms with E-state index in [-0.39, 0.29) is 0 Å². The zero-order valence-corrected chi connectivity index (χ0v) is 21.9. The van der Waals surface area contributed by atoms with E-state index in [0.717, 1.165) is 24.5 Å². The van der Waals surface area contributed by atoms with E-state index >= 15 is 0 Å². The van der Waals surface area contributed by atoms with Crippen molar-refractivity contribution < 1.29 is 33.2 Å². The van der Waals surface area contributed by atoms with Gasteiger partial charge in [0.2, 0.25) is 0 Å². The summed E-state index contributed by atoms with van der Waals surface area (Å²) in [5.74, 6) is 2.03. The van der Waals surface area contributed by atoms with E-state index in [9.17, 15) is 0 Å². The summed E-state index contributed by atoms with van der Waals surface area (Å²) in [6, 6.07) is 13.1. The Kier molecular flexibility index (Phi) is 14.4. The third kappa shape index (κ3) is 12.4. The van der Waals surface area contributed by atoms with E-state index < -0.39 is 0 Å². The molecule has 0 radical (unpaired) electrons. The molecule has 37 heavy (non-hydrogen) atoms. The maximum atomic E-state index is 5.93.